The van der Waals surface area contributed by atoms with E-state index in [-0.39, 0.29) is 0 Å². The number of hydrogen-bond acceptors (Lipinski definition) is 4. The number of aromatic nitrogens is 3. The Bertz CT molecular complexity index is 3240. The monoisotopic (exact) mass is 717 g/mol. The maximum atomic E-state index is 5.14. The Morgan fingerprint density at radius 2 is 0.782 bits per heavy atom. The molecular formula is C51H31N3S. The zero-order chi connectivity index (χ0) is 36.3. The minimum atomic E-state index is 0.642. The summed E-state index contributed by atoms with van der Waals surface area (Å²) in [5.41, 5.74) is 7.57. The lowest BCUT2D eigenvalue weighted by Gasteiger charge is -2.14. The third-order valence-electron chi connectivity index (χ3n) is 10.7. The normalized spacial score (nSPS) is 11.6. The Kier molecular flexibility index (Phi) is 7.35. The molecule has 0 fully saturated rings. The molecule has 256 valence electrons. The highest BCUT2D eigenvalue weighted by Gasteiger charge is 2.16. The van der Waals surface area contributed by atoms with Crippen LogP contribution >= 0.6 is 11.3 Å². The molecule has 11 rings (SSSR count). The lowest BCUT2D eigenvalue weighted by Crippen LogP contribution is -2.00. The van der Waals surface area contributed by atoms with Crippen molar-refractivity contribution in [1.82, 2.24) is 15.0 Å². The molecular weight excluding hydrogens is 687 g/mol. The molecule has 0 bridgehead atoms. The third kappa shape index (κ3) is 5.46. The van der Waals surface area contributed by atoms with E-state index in [9.17, 15) is 0 Å². The van der Waals surface area contributed by atoms with Crippen molar-refractivity contribution >= 4 is 63.8 Å². The molecule has 0 N–H and O–H groups in total. The van der Waals surface area contributed by atoms with E-state index in [1.165, 1.54) is 63.6 Å². The van der Waals surface area contributed by atoms with Crippen LogP contribution in [0.4, 0.5) is 0 Å². The molecule has 2 aromatic heterocycles. The predicted molar refractivity (Wildman–Crippen MR) is 232 cm³/mol. The van der Waals surface area contributed by atoms with Gasteiger partial charge in [0.2, 0.25) is 0 Å². The summed E-state index contributed by atoms with van der Waals surface area (Å²) < 4.78 is 2.49. The molecule has 9 aromatic carbocycles. The molecule has 3 nitrogen and oxygen atoms in total. The standard InChI is InChI=1S/C51H31N3S/c1-2-10-32(11-3-1)33-18-22-36(23-19-33)49-52-50(54-51(53-49)39-27-28-43-42-16-8-9-17-46(42)55-47(43)31-39)37-24-20-35(21-25-37)48-41-15-7-5-13-38(41)30-45-40-14-6-4-12-34(40)26-29-44(45)48/h1-31H. The fourth-order valence-electron chi connectivity index (χ4n) is 7.99. The summed E-state index contributed by atoms with van der Waals surface area (Å²) in [5, 5.41) is 10.00. The number of fused-ring (bicyclic) bond motifs is 7. The number of benzene rings is 9. The summed E-state index contributed by atoms with van der Waals surface area (Å²) in [4.78, 5) is 15.4. The van der Waals surface area contributed by atoms with Crippen molar-refractivity contribution in [3.8, 4) is 56.4 Å². The molecule has 0 spiro atoms. The van der Waals surface area contributed by atoms with Crippen molar-refractivity contribution in [2.75, 3.05) is 0 Å². The maximum Gasteiger partial charge on any atom is 0.164 e. The molecule has 0 atom stereocenters. The topological polar surface area (TPSA) is 38.7 Å². The summed E-state index contributed by atoms with van der Waals surface area (Å²) in [6.07, 6.45) is 0. The largest absolute Gasteiger partial charge is 0.208 e. The molecule has 0 unspecified atom stereocenters. The third-order valence-corrected chi connectivity index (χ3v) is 11.9. The summed E-state index contributed by atoms with van der Waals surface area (Å²) in [7, 11) is 0. The smallest absolute Gasteiger partial charge is 0.164 e. The molecule has 2 heterocycles. The van der Waals surface area contributed by atoms with Crippen molar-refractivity contribution in [3.05, 3.63) is 188 Å². The van der Waals surface area contributed by atoms with Gasteiger partial charge < -0.3 is 0 Å². The summed E-state index contributed by atoms with van der Waals surface area (Å²) in [6.45, 7) is 0. The second-order valence-corrected chi connectivity index (χ2v) is 15.1. The molecule has 0 radical (unpaired) electrons. The SMILES string of the molecule is c1ccc(-c2ccc(-c3nc(-c4ccc(-c5c6ccccc6cc6c5ccc5ccccc56)cc4)nc(-c4ccc5c(c4)sc4ccccc45)n3)cc2)cc1. The quantitative estimate of drug-likeness (QED) is 0.131. The van der Waals surface area contributed by atoms with E-state index >= 15 is 0 Å². The molecule has 0 amide bonds. The van der Waals surface area contributed by atoms with Crippen LogP contribution in [0.15, 0.2) is 188 Å². The summed E-state index contributed by atoms with van der Waals surface area (Å²) in [5.74, 6) is 1.94. The van der Waals surface area contributed by atoms with Gasteiger partial charge in [0.25, 0.3) is 0 Å². The van der Waals surface area contributed by atoms with Crippen molar-refractivity contribution in [2.45, 2.75) is 0 Å². The van der Waals surface area contributed by atoms with Gasteiger partial charge in [-0.05, 0) is 72.8 Å². The van der Waals surface area contributed by atoms with E-state index in [0.717, 1.165) is 27.8 Å². The number of rotatable bonds is 5. The van der Waals surface area contributed by atoms with E-state index in [2.05, 4.69) is 182 Å². The van der Waals surface area contributed by atoms with Gasteiger partial charge in [-0.2, -0.15) is 0 Å². The number of nitrogens with zero attached hydrogens (tertiary/aromatic N) is 3. The molecule has 0 saturated heterocycles. The van der Waals surface area contributed by atoms with Crippen LogP contribution in [0.3, 0.4) is 0 Å². The molecule has 0 aliphatic rings. The van der Waals surface area contributed by atoms with Crippen LogP contribution in [0.1, 0.15) is 0 Å². The number of hydrogen-bond donors (Lipinski definition) is 0. The first-order chi connectivity index (χ1) is 27.2. The van der Waals surface area contributed by atoms with E-state index in [1.807, 2.05) is 6.07 Å². The van der Waals surface area contributed by atoms with Crippen LogP contribution < -0.4 is 0 Å². The van der Waals surface area contributed by atoms with Crippen LogP contribution in [0.5, 0.6) is 0 Å². The minimum absolute atomic E-state index is 0.642. The van der Waals surface area contributed by atoms with Crippen LogP contribution in [-0.2, 0) is 0 Å². The van der Waals surface area contributed by atoms with Gasteiger partial charge in [-0.3, -0.25) is 0 Å². The molecule has 4 heteroatoms. The van der Waals surface area contributed by atoms with E-state index in [1.54, 1.807) is 11.3 Å². The molecule has 0 aliphatic heterocycles. The average Bonchev–Trinajstić information content (AvgIpc) is 3.64. The molecule has 11 aromatic rings. The van der Waals surface area contributed by atoms with Gasteiger partial charge in [-0.15, -0.1) is 11.3 Å². The van der Waals surface area contributed by atoms with Gasteiger partial charge in [0.15, 0.2) is 17.5 Å². The lowest BCUT2D eigenvalue weighted by molar-refractivity contribution is 1.07. The van der Waals surface area contributed by atoms with Gasteiger partial charge >= 0.3 is 0 Å². The molecule has 0 saturated carbocycles. The van der Waals surface area contributed by atoms with Crippen molar-refractivity contribution in [2.24, 2.45) is 0 Å². The second kappa shape index (κ2) is 12.8. The Labute approximate surface area is 321 Å². The van der Waals surface area contributed by atoms with Crippen molar-refractivity contribution in [3.63, 3.8) is 0 Å². The lowest BCUT2D eigenvalue weighted by atomic mass is 9.89. The number of thiophene rings is 1. The second-order valence-electron chi connectivity index (χ2n) is 14.0. The molecule has 55 heavy (non-hydrogen) atoms. The van der Waals surface area contributed by atoms with E-state index in [4.69, 9.17) is 15.0 Å². The zero-order valence-corrected chi connectivity index (χ0v) is 30.5. The highest BCUT2D eigenvalue weighted by atomic mass is 32.1. The first-order valence-corrected chi connectivity index (χ1v) is 19.3. The van der Waals surface area contributed by atoms with Gasteiger partial charge in [0.05, 0.1) is 0 Å². The predicted octanol–water partition coefficient (Wildman–Crippen LogP) is 14.0. The zero-order valence-electron chi connectivity index (χ0n) is 29.6. The van der Waals surface area contributed by atoms with Crippen molar-refractivity contribution < 1.29 is 0 Å². The average molecular weight is 718 g/mol. The first kappa shape index (κ1) is 31.5. The van der Waals surface area contributed by atoms with Crippen LogP contribution in [0.25, 0.3) is 109 Å². The van der Waals surface area contributed by atoms with Gasteiger partial charge in [0, 0.05) is 36.9 Å². The Balaban J connectivity index is 1.05. The Morgan fingerprint density at radius 3 is 1.53 bits per heavy atom. The maximum absolute atomic E-state index is 5.14. The van der Waals surface area contributed by atoms with Crippen LogP contribution in [-0.4, -0.2) is 15.0 Å². The van der Waals surface area contributed by atoms with Gasteiger partial charge in [-0.1, -0.05) is 170 Å². The minimum Gasteiger partial charge on any atom is -0.208 e. The Hall–Kier alpha value is -7.01. The Morgan fingerprint density at radius 1 is 0.273 bits per heavy atom. The van der Waals surface area contributed by atoms with E-state index < -0.39 is 0 Å². The molecule has 0 aliphatic carbocycles. The highest BCUT2D eigenvalue weighted by Crippen LogP contribution is 2.40. The van der Waals surface area contributed by atoms with Gasteiger partial charge in [0.1, 0.15) is 0 Å². The fourth-order valence-corrected chi connectivity index (χ4v) is 9.13. The first-order valence-electron chi connectivity index (χ1n) is 18.5. The van der Waals surface area contributed by atoms with Crippen LogP contribution in [0.2, 0.25) is 0 Å². The van der Waals surface area contributed by atoms with Crippen LogP contribution in [0, 0.1) is 0 Å². The van der Waals surface area contributed by atoms with E-state index in [0.29, 0.717) is 17.5 Å². The fraction of sp³-hybridized carbons (Fsp3) is 0. The summed E-state index contributed by atoms with van der Waals surface area (Å²) in [6, 6.07) is 67.0. The highest BCUT2D eigenvalue weighted by molar-refractivity contribution is 7.25. The summed E-state index contributed by atoms with van der Waals surface area (Å²) >= 11 is 1.80. The van der Waals surface area contributed by atoms with Gasteiger partial charge in [-0.25, -0.2) is 15.0 Å². The van der Waals surface area contributed by atoms with Crippen molar-refractivity contribution in [1.29, 1.82) is 0 Å².